The Morgan fingerprint density at radius 2 is 2.36 bits per heavy atom. The van der Waals surface area contributed by atoms with Crippen LogP contribution in [0.1, 0.15) is 25.7 Å². The van der Waals surface area contributed by atoms with Crippen molar-refractivity contribution >= 4 is 28.8 Å². The number of rotatable bonds is 0. The van der Waals surface area contributed by atoms with Crippen LogP contribution in [0.4, 0.5) is 0 Å². The van der Waals surface area contributed by atoms with Crippen LogP contribution in [0.25, 0.3) is 0 Å². The number of hydrogen-bond donors (Lipinski definition) is 0. The van der Waals surface area contributed by atoms with Crippen LogP contribution in [0.2, 0.25) is 0 Å². The van der Waals surface area contributed by atoms with Gasteiger partial charge in [0.1, 0.15) is 0 Å². The van der Waals surface area contributed by atoms with Crippen LogP contribution in [-0.2, 0) is 0 Å². The molecule has 0 fully saturated rings. The van der Waals surface area contributed by atoms with Crippen LogP contribution >= 0.6 is 22.6 Å². The Bertz CT molecular complexity index is 218. The lowest BCUT2D eigenvalue weighted by molar-refractivity contribution is 0.687. The summed E-state index contributed by atoms with van der Waals surface area (Å²) < 4.78 is 0.857. The molecule has 1 aliphatic carbocycles. The van der Waals surface area contributed by atoms with Crippen LogP contribution in [0, 0.1) is 0 Å². The minimum Gasteiger partial charge on any atom is -0.293 e. The maximum absolute atomic E-state index is 4.31. The van der Waals surface area contributed by atoms with Gasteiger partial charge in [-0.15, -0.1) is 0 Å². The van der Waals surface area contributed by atoms with Crippen molar-refractivity contribution in [2.75, 3.05) is 6.54 Å². The van der Waals surface area contributed by atoms with Crippen molar-refractivity contribution in [1.29, 1.82) is 0 Å². The van der Waals surface area contributed by atoms with Gasteiger partial charge in [-0.25, -0.2) is 0 Å². The van der Waals surface area contributed by atoms with E-state index in [9.17, 15) is 0 Å². The zero-order valence-corrected chi connectivity index (χ0v) is 8.67. The SMILES string of the molecule is IC1CCC2=C(C=NCC2)C1. The summed E-state index contributed by atoms with van der Waals surface area (Å²) in [5.74, 6) is 0. The van der Waals surface area contributed by atoms with E-state index in [1.54, 1.807) is 11.1 Å². The predicted molar refractivity (Wildman–Crippen MR) is 56.7 cm³/mol. The molecule has 1 atom stereocenters. The minimum atomic E-state index is 0.857. The van der Waals surface area contributed by atoms with Crippen molar-refractivity contribution in [2.24, 2.45) is 4.99 Å². The molecule has 0 spiro atoms. The summed E-state index contributed by atoms with van der Waals surface area (Å²) in [4.78, 5) is 4.31. The van der Waals surface area contributed by atoms with Crippen molar-refractivity contribution in [3.63, 3.8) is 0 Å². The molecule has 2 rings (SSSR count). The van der Waals surface area contributed by atoms with Crippen LogP contribution in [-0.4, -0.2) is 16.7 Å². The highest BCUT2D eigenvalue weighted by Crippen LogP contribution is 2.31. The Labute approximate surface area is 81.1 Å². The zero-order valence-electron chi connectivity index (χ0n) is 6.52. The summed E-state index contributed by atoms with van der Waals surface area (Å²) in [5.41, 5.74) is 3.23. The molecule has 1 heterocycles. The third-order valence-electron chi connectivity index (χ3n) is 2.44. The first-order chi connectivity index (χ1) is 5.36. The number of alkyl halides is 1. The molecule has 0 saturated heterocycles. The standard InChI is InChI=1S/C9H12IN/c10-9-2-1-7-3-4-11-6-8(7)5-9/h6,9H,1-5H2. The fraction of sp³-hybridized carbons (Fsp3) is 0.667. The van der Waals surface area contributed by atoms with Crippen LogP contribution < -0.4 is 0 Å². The van der Waals surface area contributed by atoms with Crippen molar-refractivity contribution in [3.05, 3.63) is 11.1 Å². The van der Waals surface area contributed by atoms with E-state index in [-0.39, 0.29) is 0 Å². The number of nitrogens with zero attached hydrogens (tertiary/aromatic N) is 1. The fourth-order valence-electron chi connectivity index (χ4n) is 1.78. The molecule has 2 heteroatoms. The normalized spacial score (nSPS) is 30.5. The maximum Gasteiger partial charge on any atom is 0.0426 e. The lowest BCUT2D eigenvalue weighted by Crippen LogP contribution is -2.13. The third kappa shape index (κ3) is 1.66. The highest BCUT2D eigenvalue weighted by Gasteiger charge is 2.18. The molecule has 0 aromatic heterocycles. The molecular formula is C9H12IN. The van der Waals surface area contributed by atoms with Gasteiger partial charge in [0.25, 0.3) is 0 Å². The molecule has 0 N–H and O–H groups in total. The average molecular weight is 261 g/mol. The Morgan fingerprint density at radius 1 is 1.45 bits per heavy atom. The van der Waals surface area contributed by atoms with Gasteiger partial charge in [-0.2, -0.15) is 0 Å². The van der Waals surface area contributed by atoms with Crippen LogP contribution in [0.3, 0.4) is 0 Å². The number of dihydropyridines is 1. The van der Waals surface area contributed by atoms with Gasteiger partial charge >= 0.3 is 0 Å². The number of halogens is 1. The molecule has 1 nitrogen and oxygen atoms in total. The summed E-state index contributed by atoms with van der Waals surface area (Å²) in [5, 5.41) is 0. The number of allylic oxidation sites excluding steroid dienone is 1. The van der Waals surface area contributed by atoms with Crippen molar-refractivity contribution in [1.82, 2.24) is 0 Å². The molecule has 1 aliphatic heterocycles. The van der Waals surface area contributed by atoms with Gasteiger partial charge in [-0.1, -0.05) is 28.2 Å². The van der Waals surface area contributed by atoms with E-state index in [0.717, 1.165) is 10.5 Å². The molecule has 60 valence electrons. The van der Waals surface area contributed by atoms with Gasteiger partial charge in [-0.3, -0.25) is 4.99 Å². The molecule has 0 bridgehead atoms. The van der Waals surface area contributed by atoms with Crippen molar-refractivity contribution < 1.29 is 0 Å². The second-order valence-corrected chi connectivity index (χ2v) is 5.02. The molecule has 0 aromatic carbocycles. The van der Waals surface area contributed by atoms with E-state index in [0.29, 0.717) is 0 Å². The van der Waals surface area contributed by atoms with Gasteiger partial charge in [0, 0.05) is 16.7 Å². The molecular weight excluding hydrogens is 249 g/mol. The molecule has 0 radical (unpaired) electrons. The van der Waals surface area contributed by atoms with Gasteiger partial charge in [0.15, 0.2) is 0 Å². The van der Waals surface area contributed by atoms with Crippen LogP contribution in [0.5, 0.6) is 0 Å². The second kappa shape index (κ2) is 3.25. The summed E-state index contributed by atoms with van der Waals surface area (Å²) in [7, 11) is 0. The number of aliphatic imine (C=N–C) groups is 1. The summed E-state index contributed by atoms with van der Waals surface area (Å²) in [6.07, 6.45) is 7.31. The third-order valence-corrected chi connectivity index (χ3v) is 3.51. The summed E-state index contributed by atoms with van der Waals surface area (Å²) in [6, 6.07) is 0. The molecule has 0 aromatic rings. The largest absolute Gasteiger partial charge is 0.293 e. The van der Waals surface area contributed by atoms with E-state index < -0.39 is 0 Å². The maximum atomic E-state index is 4.31. The Morgan fingerprint density at radius 3 is 3.27 bits per heavy atom. The highest BCUT2D eigenvalue weighted by atomic mass is 127. The fourth-order valence-corrected chi connectivity index (χ4v) is 2.57. The van der Waals surface area contributed by atoms with Gasteiger partial charge in [0.2, 0.25) is 0 Å². The van der Waals surface area contributed by atoms with Crippen LogP contribution in [0.15, 0.2) is 16.1 Å². The first-order valence-electron chi connectivity index (χ1n) is 4.21. The monoisotopic (exact) mass is 261 g/mol. The highest BCUT2D eigenvalue weighted by molar-refractivity contribution is 14.1. The second-order valence-electron chi connectivity index (χ2n) is 3.25. The Balaban J connectivity index is 2.19. The summed E-state index contributed by atoms with van der Waals surface area (Å²) >= 11 is 2.55. The molecule has 1 unspecified atom stereocenters. The summed E-state index contributed by atoms with van der Waals surface area (Å²) in [6.45, 7) is 1.03. The van der Waals surface area contributed by atoms with Crippen molar-refractivity contribution in [2.45, 2.75) is 29.6 Å². The molecule has 0 saturated carbocycles. The lowest BCUT2D eigenvalue weighted by atomic mass is 9.89. The Hall–Kier alpha value is 0.140. The van der Waals surface area contributed by atoms with Gasteiger partial charge in [-0.05, 0) is 31.3 Å². The molecule has 0 amide bonds. The first kappa shape index (κ1) is 7.77. The van der Waals surface area contributed by atoms with Gasteiger partial charge < -0.3 is 0 Å². The topological polar surface area (TPSA) is 12.4 Å². The zero-order chi connectivity index (χ0) is 7.68. The smallest absolute Gasteiger partial charge is 0.0426 e. The quantitative estimate of drug-likeness (QED) is 0.469. The van der Waals surface area contributed by atoms with Crippen molar-refractivity contribution in [3.8, 4) is 0 Å². The van der Waals surface area contributed by atoms with E-state index in [1.807, 2.05) is 0 Å². The van der Waals surface area contributed by atoms with E-state index in [1.165, 1.54) is 25.7 Å². The molecule has 2 aliphatic rings. The minimum absolute atomic E-state index is 0.857. The first-order valence-corrected chi connectivity index (χ1v) is 5.45. The lowest BCUT2D eigenvalue weighted by Gasteiger charge is -2.23. The van der Waals surface area contributed by atoms with E-state index in [4.69, 9.17) is 0 Å². The van der Waals surface area contributed by atoms with Gasteiger partial charge in [0.05, 0.1) is 0 Å². The predicted octanol–water partition coefficient (Wildman–Crippen LogP) is 2.75. The average Bonchev–Trinajstić information content (AvgIpc) is 2.04. The van der Waals surface area contributed by atoms with E-state index >= 15 is 0 Å². The molecule has 11 heavy (non-hydrogen) atoms. The number of hydrogen-bond acceptors (Lipinski definition) is 1. The van der Waals surface area contributed by atoms with E-state index in [2.05, 4.69) is 33.8 Å². The Kier molecular flexibility index (Phi) is 2.30.